The van der Waals surface area contributed by atoms with Gasteiger partial charge >= 0.3 is 0 Å². The molecule has 0 bridgehead atoms. The average Bonchev–Trinajstić information content (AvgIpc) is 2.43. The van der Waals surface area contributed by atoms with E-state index in [4.69, 9.17) is 11.6 Å². The van der Waals surface area contributed by atoms with Gasteiger partial charge in [-0.2, -0.15) is 0 Å². The monoisotopic (exact) mass is 290 g/mol. The van der Waals surface area contributed by atoms with Crippen LogP contribution >= 0.6 is 11.6 Å². The molecule has 0 radical (unpaired) electrons. The lowest BCUT2D eigenvalue weighted by molar-refractivity contribution is -0.109. The number of carbonyl (C=O) groups is 1. The minimum absolute atomic E-state index is 0.104. The zero-order valence-corrected chi connectivity index (χ0v) is 11.8. The molecule has 1 atom stereocenters. The summed E-state index contributed by atoms with van der Waals surface area (Å²) in [5.41, 5.74) is 2.59. The van der Waals surface area contributed by atoms with Gasteiger partial charge in [-0.25, -0.2) is 0 Å². The second-order valence-electron chi connectivity index (χ2n) is 4.39. The third kappa shape index (κ3) is 2.36. The van der Waals surface area contributed by atoms with E-state index in [1.807, 2.05) is 12.1 Å². The maximum absolute atomic E-state index is 10.6. The summed E-state index contributed by atoms with van der Waals surface area (Å²) in [4.78, 5) is 13.2. The molecule has 0 aliphatic carbocycles. The number of halogens is 1. The Morgan fingerprint density at radius 3 is 2.79 bits per heavy atom. The Kier molecular flexibility index (Phi) is 3.49. The first kappa shape index (κ1) is 12.6. The van der Waals surface area contributed by atoms with Crippen LogP contribution in [0.3, 0.4) is 0 Å². The van der Waals surface area contributed by atoms with Crippen LogP contribution in [-0.2, 0) is 22.1 Å². The Morgan fingerprint density at radius 1 is 1.16 bits per heavy atom. The van der Waals surface area contributed by atoms with Crippen LogP contribution in [-0.4, -0.2) is 12.3 Å². The molecular weight excluding hydrogens is 278 g/mol. The van der Waals surface area contributed by atoms with E-state index in [0.717, 1.165) is 17.9 Å². The van der Waals surface area contributed by atoms with Gasteiger partial charge in [0.15, 0.2) is 15.7 Å². The molecule has 4 heteroatoms. The van der Waals surface area contributed by atoms with Crippen LogP contribution in [0.15, 0.2) is 52.3 Å². The quantitative estimate of drug-likeness (QED) is 0.683. The standard InChI is InChI=1S/C15H12ClNOS/c16-13-5-6-15-12(8-13)7-11-3-1-2-4-14(11)19(15)10-17-9-18/h1-6,8-9H,7,10H2/p+1. The Bertz CT molecular complexity index is 629. The first-order valence-corrected chi connectivity index (χ1v) is 7.81. The van der Waals surface area contributed by atoms with Crippen LogP contribution in [0, 0.1) is 0 Å². The summed E-state index contributed by atoms with van der Waals surface area (Å²) < 4.78 is 0. The topological polar surface area (TPSA) is 29.1 Å². The molecule has 2 aromatic carbocycles. The summed E-state index contributed by atoms with van der Waals surface area (Å²) in [6.07, 6.45) is 1.68. The number of benzene rings is 2. The van der Waals surface area contributed by atoms with Crippen molar-refractivity contribution in [3.05, 3.63) is 58.6 Å². The molecule has 1 unspecified atom stereocenters. The second kappa shape index (κ2) is 5.27. The molecule has 0 fully saturated rings. The van der Waals surface area contributed by atoms with Crippen LogP contribution in [0.5, 0.6) is 0 Å². The van der Waals surface area contributed by atoms with Gasteiger partial charge in [-0.3, -0.25) is 4.79 Å². The van der Waals surface area contributed by atoms with Crippen LogP contribution in [0.25, 0.3) is 0 Å². The zero-order chi connectivity index (χ0) is 13.2. The first-order chi connectivity index (χ1) is 9.29. The van der Waals surface area contributed by atoms with Crippen molar-refractivity contribution in [2.24, 2.45) is 0 Å². The number of amides is 1. The lowest BCUT2D eigenvalue weighted by atomic mass is 10.0. The average molecular weight is 291 g/mol. The lowest BCUT2D eigenvalue weighted by Gasteiger charge is -2.19. The highest BCUT2D eigenvalue weighted by Crippen LogP contribution is 2.36. The molecule has 1 heterocycles. The Labute approximate surface area is 120 Å². The van der Waals surface area contributed by atoms with E-state index in [-0.39, 0.29) is 10.9 Å². The van der Waals surface area contributed by atoms with E-state index in [2.05, 4.69) is 35.6 Å². The highest BCUT2D eigenvalue weighted by molar-refractivity contribution is 7.97. The van der Waals surface area contributed by atoms with Gasteiger partial charge in [-0.15, -0.1) is 0 Å². The predicted octanol–water partition coefficient (Wildman–Crippen LogP) is 2.98. The van der Waals surface area contributed by atoms with E-state index in [1.54, 1.807) is 0 Å². The number of hydrogen-bond donors (Lipinski definition) is 1. The highest BCUT2D eigenvalue weighted by atomic mass is 35.5. The summed E-state index contributed by atoms with van der Waals surface area (Å²) >= 11 is 6.09. The fourth-order valence-electron chi connectivity index (χ4n) is 2.41. The van der Waals surface area contributed by atoms with Crippen LogP contribution in [0.2, 0.25) is 5.02 Å². The van der Waals surface area contributed by atoms with Crippen molar-refractivity contribution < 1.29 is 4.79 Å². The van der Waals surface area contributed by atoms with Gasteiger partial charge in [-0.05, 0) is 24.3 Å². The molecule has 1 aliphatic rings. The largest absolute Gasteiger partial charge is 0.316 e. The predicted molar refractivity (Wildman–Crippen MR) is 78.7 cm³/mol. The molecule has 1 amide bonds. The van der Waals surface area contributed by atoms with E-state index in [9.17, 15) is 4.79 Å². The molecule has 96 valence electrons. The molecule has 2 aromatic rings. The van der Waals surface area contributed by atoms with Gasteiger partial charge in [0, 0.05) is 22.6 Å². The zero-order valence-electron chi connectivity index (χ0n) is 10.2. The van der Waals surface area contributed by atoms with Crippen molar-refractivity contribution in [1.29, 1.82) is 0 Å². The molecule has 0 aromatic heterocycles. The van der Waals surface area contributed by atoms with Gasteiger partial charge in [0.1, 0.15) is 0 Å². The maximum atomic E-state index is 10.6. The molecule has 0 saturated carbocycles. The van der Waals surface area contributed by atoms with Crippen molar-refractivity contribution >= 4 is 28.9 Å². The Balaban J connectivity index is 2.09. The number of nitrogens with one attached hydrogen (secondary N) is 1. The van der Waals surface area contributed by atoms with E-state index < -0.39 is 0 Å². The highest BCUT2D eigenvalue weighted by Gasteiger charge is 2.34. The molecule has 0 spiro atoms. The second-order valence-corrected chi connectivity index (χ2v) is 6.78. The number of rotatable bonds is 3. The van der Waals surface area contributed by atoms with Crippen molar-refractivity contribution in [2.45, 2.75) is 16.2 Å². The third-order valence-corrected chi connectivity index (χ3v) is 5.77. The number of hydrogen-bond acceptors (Lipinski definition) is 1. The molecule has 1 aliphatic heterocycles. The smallest absolute Gasteiger partial charge is 0.210 e. The molecule has 0 saturated heterocycles. The van der Waals surface area contributed by atoms with Gasteiger partial charge in [0.05, 0.1) is 10.9 Å². The molecule has 3 rings (SSSR count). The third-order valence-electron chi connectivity index (χ3n) is 3.22. The van der Waals surface area contributed by atoms with Gasteiger partial charge in [-0.1, -0.05) is 29.8 Å². The molecular formula is C15H13ClNOS+. The normalized spacial score (nSPS) is 16.4. The minimum Gasteiger partial charge on any atom is -0.316 e. The Hall–Kier alpha value is -1.45. The maximum Gasteiger partial charge on any atom is 0.210 e. The number of fused-ring (bicyclic) bond motifs is 2. The van der Waals surface area contributed by atoms with Crippen molar-refractivity contribution in [3.63, 3.8) is 0 Å². The summed E-state index contributed by atoms with van der Waals surface area (Å²) in [7, 11) is -0.104. The molecule has 19 heavy (non-hydrogen) atoms. The SMILES string of the molecule is O=CNC[S+]1c2ccccc2Cc2cc(Cl)ccc21. The number of carbonyl (C=O) groups excluding carboxylic acids is 1. The van der Waals surface area contributed by atoms with Crippen LogP contribution < -0.4 is 5.32 Å². The molecule has 2 nitrogen and oxygen atoms in total. The van der Waals surface area contributed by atoms with Gasteiger partial charge in [0.25, 0.3) is 0 Å². The van der Waals surface area contributed by atoms with E-state index in [1.165, 1.54) is 20.9 Å². The lowest BCUT2D eigenvalue weighted by Crippen LogP contribution is -2.26. The fraction of sp³-hybridized carbons (Fsp3) is 0.133. The van der Waals surface area contributed by atoms with Crippen LogP contribution in [0.1, 0.15) is 11.1 Å². The van der Waals surface area contributed by atoms with Crippen molar-refractivity contribution in [2.75, 3.05) is 5.88 Å². The first-order valence-electron chi connectivity index (χ1n) is 6.04. The summed E-state index contributed by atoms with van der Waals surface area (Å²) in [6, 6.07) is 14.5. The summed E-state index contributed by atoms with van der Waals surface area (Å²) in [5.74, 6) is 0.648. The molecule has 1 N–H and O–H groups in total. The summed E-state index contributed by atoms with van der Waals surface area (Å²) in [5, 5.41) is 3.58. The van der Waals surface area contributed by atoms with Crippen molar-refractivity contribution in [3.8, 4) is 0 Å². The van der Waals surface area contributed by atoms with E-state index >= 15 is 0 Å². The van der Waals surface area contributed by atoms with Gasteiger partial charge in [0.2, 0.25) is 6.41 Å². The Morgan fingerprint density at radius 2 is 1.95 bits per heavy atom. The van der Waals surface area contributed by atoms with E-state index in [0.29, 0.717) is 5.88 Å². The van der Waals surface area contributed by atoms with Crippen LogP contribution in [0.4, 0.5) is 0 Å². The van der Waals surface area contributed by atoms with Gasteiger partial charge < -0.3 is 5.32 Å². The van der Waals surface area contributed by atoms with Crippen molar-refractivity contribution in [1.82, 2.24) is 5.32 Å². The summed E-state index contributed by atoms with van der Waals surface area (Å²) in [6.45, 7) is 0. The minimum atomic E-state index is -0.104. The fourth-order valence-corrected chi connectivity index (χ4v) is 4.77.